The number of hydrogen-bond donors (Lipinski definition) is 0. The minimum absolute atomic E-state index is 0.0255. The number of carbonyl (C=O) groups is 2. The molecule has 0 unspecified atom stereocenters. The van der Waals surface area contributed by atoms with Gasteiger partial charge < -0.3 is 14.3 Å². The molecule has 1 aromatic carbocycles. The molecule has 4 rings (SSSR count). The Labute approximate surface area is 187 Å². The summed E-state index contributed by atoms with van der Waals surface area (Å²) < 4.78 is 5.64. The number of aromatic nitrogens is 3. The summed E-state index contributed by atoms with van der Waals surface area (Å²) in [4.78, 5) is 37.8. The highest BCUT2D eigenvalue weighted by Crippen LogP contribution is 2.36. The fourth-order valence-electron chi connectivity index (χ4n) is 4.34. The molecule has 8 nitrogen and oxygen atoms in total. The fraction of sp³-hybridized carbons (Fsp3) is 0.375. The van der Waals surface area contributed by atoms with Gasteiger partial charge in [-0.05, 0) is 19.8 Å². The van der Waals surface area contributed by atoms with E-state index in [1.165, 1.54) is 24.2 Å². The maximum atomic E-state index is 13.3. The molecule has 1 saturated heterocycles. The maximum Gasteiger partial charge on any atom is 0.274 e. The second-order valence-corrected chi connectivity index (χ2v) is 8.62. The Kier molecular flexibility index (Phi) is 6.03. The summed E-state index contributed by atoms with van der Waals surface area (Å²) in [5.74, 6) is 0.388. The van der Waals surface area contributed by atoms with Crippen molar-refractivity contribution in [3.8, 4) is 11.3 Å². The fourth-order valence-corrected chi connectivity index (χ4v) is 4.34. The van der Waals surface area contributed by atoms with Crippen molar-refractivity contribution >= 4 is 11.8 Å². The lowest BCUT2D eigenvalue weighted by molar-refractivity contribution is -0.142. The molecule has 0 saturated carbocycles. The Bertz CT molecular complexity index is 1090. The van der Waals surface area contributed by atoms with Crippen LogP contribution in [0.15, 0.2) is 53.4 Å². The summed E-state index contributed by atoms with van der Waals surface area (Å²) in [6.45, 7) is 2.90. The molecule has 2 aromatic heterocycles. The largest absolute Gasteiger partial charge is 0.361 e. The van der Waals surface area contributed by atoms with Gasteiger partial charge in [-0.3, -0.25) is 14.6 Å². The van der Waals surface area contributed by atoms with Crippen LogP contribution in [-0.2, 0) is 11.2 Å². The first-order valence-electron chi connectivity index (χ1n) is 10.7. The quantitative estimate of drug-likeness (QED) is 0.614. The van der Waals surface area contributed by atoms with Gasteiger partial charge >= 0.3 is 0 Å². The molecule has 0 spiro atoms. The molecule has 1 aliphatic rings. The Morgan fingerprint density at radius 1 is 1.19 bits per heavy atom. The number of hydrogen-bond acceptors (Lipinski definition) is 6. The molecule has 0 N–H and O–H groups in total. The predicted molar refractivity (Wildman–Crippen MR) is 119 cm³/mol. The normalized spacial score (nSPS) is 18.4. The second kappa shape index (κ2) is 8.90. The van der Waals surface area contributed by atoms with Gasteiger partial charge in [0.1, 0.15) is 17.1 Å². The lowest BCUT2D eigenvalue weighted by atomic mass is 9.75. The Morgan fingerprint density at radius 2 is 1.97 bits per heavy atom. The molecule has 1 atom stereocenters. The highest BCUT2D eigenvalue weighted by Gasteiger charge is 2.45. The Hall–Kier alpha value is -3.55. The van der Waals surface area contributed by atoms with E-state index in [2.05, 4.69) is 15.1 Å². The zero-order chi connectivity index (χ0) is 22.7. The van der Waals surface area contributed by atoms with Crippen molar-refractivity contribution < 1.29 is 14.1 Å². The minimum Gasteiger partial charge on any atom is -0.361 e. The molecule has 8 heteroatoms. The number of benzene rings is 1. The zero-order valence-corrected chi connectivity index (χ0v) is 18.6. The van der Waals surface area contributed by atoms with Crippen molar-refractivity contribution in [3.63, 3.8) is 0 Å². The van der Waals surface area contributed by atoms with E-state index in [1.807, 2.05) is 37.3 Å². The van der Waals surface area contributed by atoms with E-state index in [1.54, 1.807) is 23.9 Å². The first-order valence-corrected chi connectivity index (χ1v) is 10.7. The summed E-state index contributed by atoms with van der Waals surface area (Å²) in [7, 11) is 3.48. The summed E-state index contributed by atoms with van der Waals surface area (Å²) >= 11 is 0. The third-order valence-electron chi connectivity index (χ3n) is 5.93. The van der Waals surface area contributed by atoms with Gasteiger partial charge in [-0.2, -0.15) is 0 Å². The molecule has 1 fully saturated rings. The topological polar surface area (TPSA) is 92.4 Å². The highest BCUT2D eigenvalue weighted by atomic mass is 16.5. The molecular weight excluding hydrogens is 406 g/mol. The van der Waals surface area contributed by atoms with Gasteiger partial charge in [0.05, 0.1) is 11.6 Å². The molecule has 0 aliphatic carbocycles. The number of likely N-dealkylation sites (tertiary alicyclic amines) is 1. The smallest absolute Gasteiger partial charge is 0.274 e. The van der Waals surface area contributed by atoms with Crippen LogP contribution in [0.3, 0.4) is 0 Å². The average molecular weight is 434 g/mol. The van der Waals surface area contributed by atoms with E-state index in [-0.39, 0.29) is 17.5 Å². The van der Waals surface area contributed by atoms with Gasteiger partial charge in [0.2, 0.25) is 5.91 Å². The standard InChI is InChI=1S/C24H27N5O3/c1-17-5-7-18(8-6-17)20-13-19(32-27-20)14-24(23(31)28(2)3)9-4-12-29(16-24)22(30)21-15-25-10-11-26-21/h5-8,10-11,13,15H,4,9,12,14,16H2,1-3H3/t24-/m0/s1. The Morgan fingerprint density at radius 3 is 2.66 bits per heavy atom. The number of aryl methyl sites for hydroxylation is 1. The number of nitrogens with zero attached hydrogens (tertiary/aromatic N) is 5. The van der Waals surface area contributed by atoms with Gasteiger partial charge in [0, 0.05) is 57.6 Å². The van der Waals surface area contributed by atoms with Crippen molar-refractivity contribution in [2.75, 3.05) is 27.2 Å². The zero-order valence-electron chi connectivity index (χ0n) is 18.6. The van der Waals surface area contributed by atoms with E-state index in [9.17, 15) is 9.59 Å². The van der Waals surface area contributed by atoms with Crippen LogP contribution in [0, 0.1) is 12.3 Å². The van der Waals surface area contributed by atoms with Crippen molar-refractivity contribution in [2.45, 2.75) is 26.2 Å². The third-order valence-corrected chi connectivity index (χ3v) is 5.93. The van der Waals surface area contributed by atoms with E-state index >= 15 is 0 Å². The van der Waals surface area contributed by atoms with Crippen LogP contribution < -0.4 is 0 Å². The monoisotopic (exact) mass is 433 g/mol. The van der Waals surface area contributed by atoms with Crippen LogP contribution in [0.25, 0.3) is 11.3 Å². The molecule has 0 radical (unpaired) electrons. The van der Waals surface area contributed by atoms with Crippen LogP contribution in [0.4, 0.5) is 0 Å². The van der Waals surface area contributed by atoms with Gasteiger partial charge in [0.25, 0.3) is 5.91 Å². The maximum absolute atomic E-state index is 13.3. The molecule has 3 aromatic rings. The minimum atomic E-state index is -0.788. The molecule has 32 heavy (non-hydrogen) atoms. The lowest BCUT2D eigenvalue weighted by Crippen LogP contribution is -2.54. The molecule has 3 heterocycles. The molecule has 166 valence electrons. The lowest BCUT2D eigenvalue weighted by Gasteiger charge is -2.42. The van der Waals surface area contributed by atoms with Gasteiger partial charge in [-0.1, -0.05) is 35.0 Å². The van der Waals surface area contributed by atoms with Gasteiger partial charge in [-0.15, -0.1) is 0 Å². The summed E-state index contributed by atoms with van der Waals surface area (Å²) in [6.07, 6.45) is 6.22. The van der Waals surface area contributed by atoms with Crippen LogP contribution in [0.5, 0.6) is 0 Å². The molecule has 1 aliphatic heterocycles. The second-order valence-electron chi connectivity index (χ2n) is 8.62. The number of piperidine rings is 1. The van der Waals surface area contributed by atoms with E-state index < -0.39 is 5.41 Å². The molecule has 2 amide bonds. The van der Waals surface area contributed by atoms with Crippen LogP contribution in [0.1, 0.15) is 34.7 Å². The van der Waals surface area contributed by atoms with Crippen molar-refractivity contribution in [1.29, 1.82) is 0 Å². The third kappa shape index (κ3) is 4.39. The van der Waals surface area contributed by atoms with Crippen LogP contribution >= 0.6 is 0 Å². The van der Waals surface area contributed by atoms with Crippen LogP contribution in [-0.4, -0.2) is 63.9 Å². The average Bonchev–Trinajstić information content (AvgIpc) is 3.27. The number of rotatable bonds is 5. The highest BCUT2D eigenvalue weighted by molar-refractivity contribution is 5.93. The van der Waals surface area contributed by atoms with Crippen molar-refractivity contribution in [3.05, 3.63) is 65.9 Å². The summed E-state index contributed by atoms with van der Waals surface area (Å²) in [5.41, 5.74) is 2.35. The first kappa shape index (κ1) is 21.7. The van der Waals surface area contributed by atoms with E-state index in [4.69, 9.17) is 4.52 Å². The van der Waals surface area contributed by atoms with Gasteiger partial charge in [-0.25, -0.2) is 4.98 Å². The van der Waals surface area contributed by atoms with Crippen molar-refractivity contribution in [1.82, 2.24) is 24.9 Å². The first-order chi connectivity index (χ1) is 15.4. The number of amides is 2. The van der Waals surface area contributed by atoms with E-state index in [0.717, 1.165) is 11.3 Å². The van der Waals surface area contributed by atoms with Crippen molar-refractivity contribution in [2.24, 2.45) is 5.41 Å². The van der Waals surface area contributed by atoms with Gasteiger partial charge in [0.15, 0.2) is 0 Å². The molecular formula is C24H27N5O3. The Balaban J connectivity index is 1.60. The summed E-state index contributed by atoms with van der Waals surface area (Å²) in [6, 6.07) is 9.94. The molecule has 0 bridgehead atoms. The van der Waals surface area contributed by atoms with Crippen LogP contribution in [0.2, 0.25) is 0 Å². The number of carbonyl (C=O) groups excluding carboxylic acids is 2. The predicted octanol–water partition coefficient (Wildman–Crippen LogP) is 2.99. The van der Waals surface area contributed by atoms with E-state index in [0.29, 0.717) is 38.1 Å². The SMILES string of the molecule is Cc1ccc(-c2cc(C[C@@]3(C(=O)N(C)C)CCCN(C(=O)c4cnccn4)C3)on2)cc1. The summed E-state index contributed by atoms with van der Waals surface area (Å²) in [5, 5.41) is 4.22.